The number of phenols is 1. The molecule has 0 saturated heterocycles. The lowest BCUT2D eigenvalue weighted by Crippen LogP contribution is -2.24. The van der Waals surface area contributed by atoms with Gasteiger partial charge in [-0.25, -0.2) is 0 Å². The van der Waals surface area contributed by atoms with Gasteiger partial charge in [-0.2, -0.15) is 0 Å². The number of rotatable bonds is 5. The summed E-state index contributed by atoms with van der Waals surface area (Å²) >= 11 is 0. The van der Waals surface area contributed by atoms with Gasteiger partial charge in [-0.3, -0.25) is 4.90 Å². The Hall–Kier alpha value is -1.02. The Labute approximate surface area is 98.9 Å². The SMILES string of the molecule is CC(C)CCN(C)C(C)c1cccc(O)c1. The first-order valence-electron chi connectivity index (χ1n) is 6.00. The Balaban J connectivity index is 2.59. The van der Waals surface area contributed by atoms with E-state index in [1.165, 1.54) is 12.0 Å². The molecule has 2 heteroatoms. The summed E-state index contributed by atoms with van der Waals surface area (Å²) in [5.41, 5.74) is 1.17. The molecule has 0 spiro atoms. The van der Waals surface area contributed by atoms with Crippen LogP contribution in [0.5, 0.6) is 5.75 Å². The number of aromatic hydroxyl groups is 1. The van der Waals surface area contributed by atoms with Gasteiger partial charge in [0.1, 0.15) is 5.75 Å². The summed E-state index contributed by atoms with van der Waals surface area (Å²) < 4.78 is 0. The van der Waals surface area contributed by atoms with Gasteiger partial charge in [-0.15, -0.1) is 0 Å². The molecule has 0 heterocycles. The third kappa shape index (κ3) is 3.86. The highest BCUT2D eigenvalue weighted by Crippen LogP contribution is 2.22. The number of phenolic OH excluding ortho intramolecular Hbond substituents is 1. The van der Waals surface area contributed by atoms with E-state index >= 15 is 0 Å². The van der Waals surface area contributed by atoms with Gasteiger partial charge < -0.3 is 5.11 Å². The van der Waals surface area contributed by atoms with Crippen molar-refractivity contribution in [1.82, 2.24) is 4.90 Å². The average molecular weight is 221 g/mol. The number of nitrogens with zero attached hydrogens (tertiary/aromatic N) is 1. The molecule has 1 rings (SSSR count). The summed E-state index contributed by atoms with van der Waals surface area (Å²) in [6, 6.07) is 7.88. The molecule has 0 fully saturated rings. The van der Waals surface area contributed by atoms with Crippen LogP contribution in [-0.4, -0.2) is 23.6 Å². The van der Waals surface area contributed by atoms with E-state index in [-0.39, 0.29) is 0 Å². The van der Waals surface area contributed by atoms with Crippen molar-refractivity contribution in [2.45, 2.75) is 33.2 Å². The fourth-order valence-corrected chi connectivity index (χ4v) is 1.69. The van der Waals surface area contributed by atoms with Crippen LogP contribution in [0.25, 0.3) is 0 Å². The fourth-order valence-electron chi connectivity index (χ4n) is 1.69. The van der Waals surface area contributed by atoms with E-state index in [9.17, 15) is 5.11 Å². The summed E-state index contributed by atoms with van der Waals surface area (Å²) in [5.74, 6) is 1.08. The van der Waals surface area contributed by atoms with E-state index in [0.717, 1.165) is 12.5 Å². The Morgan fingerprint density at radius 1 is 1.25 bits per heavy atom. The topological polar surface area (TPSA) is 23.5 Å². The highest BCUT2D eigenvalue weighted by Gasteiger charge is 2.11. The lowest BCUT2D eigenvalue weighted by Gasteiger charge is -2.25. The molecule has 1 aromatic carbocycles. The summed E-state index contributed by atoms with van der Waals surface area (Å²) in [4.78, 5) is 2.33. The molecule has 0 aliphatic rings. The minimum atomic E-state index is 0.349. The maximum absolute atomic E-state index is 9.44. The van der Waals surface area contributed by atoms with Crippen LogP contribution < -0.4 is 0 Å². The molecule has 1 unspecified atom stereocenters. The lowest BCUT2D eigenvalue weighted by molar-refractivity contribution is 0.246. The van der Waals surface area contributed by atoms with E-state index in [1.807, 2.05) is 12.1 Å². The highest BCUT2D eigenvalue weighted by molar-refractivity contribution is 5.29. The van der Waals surface area contributed by atoms with E-state index in [4.69, 9.17) is 0 Å². The zero-order chi connectivity index (χ0) is 12.1. The quantitative estimate of drug-likeness (QED) is 0.823. The van der Waals surface area contributed by atoms with Crippen LogP contribution >= 0.6 is 0 Å². The molecule has 1 N–H and O–H groups in total. The fraction of sp³-hybridized carbons (Fsp3) is 0.571. The van der Waals surface area contributed by atoms with Crippen molar-refractivity contribution < 1.29 is 5.11 Å². The molecule has 0 aliphatic carbocycles. The number of hydrogen-bond acceptors (Lipinski definition) is 2. The first kappa shape index (κ1) is 13.0. The molecule has 0 radical (unpaired) electrons. The number of hydrogen-bond donors (Lipinski definition) is 1. The molecule has 1 atom stereocenters. The molecule has 0 aromatic heterocycles. The second-order valence-corrected chi connectivity index (χ2v) is 4.93. The second kappa shape index (κ2) is 5.90. The third-order valence-corrected chi connectivity index (χ3v) is 3.07. The molecule has 0 aliphatic heterocycles. The smallest absolute Gasteiger partial charge is 0.115 e. The average Bonchev–Trinajstić information content (AvgIpc) is 2.24. The summed E-state index contributed by atoms with van der Waals surface area (Å²) in [6.07, 6.45) is 1.21. The van der Waals surface area contributed by atoms with Gasteiger partial charge in [-0.1, -0.05) is 26.0 Å². The first-order valence-corrected chi connectivity index (χ1v) is 6.00. The van der Waals surface area contributed by atoms with Crippen LogP contribution in [-0.2, 0) is 0 Å². The standard InChI is InChI=1S/C14H23NO/c1-11(2)8-9-15(4)12(3)13-6-5-7-14(16)10-13/h5-7,10-12,16H,8-9H2,1-4H3. The van der Waals surface area contributed by atoms with Crippen molar-refractivity contribution in [2.75, 3.05) is 13.6 Å². The van der Waals surface area contributed by atoms with E-state index in [2.05, 4.69) is 38.8 Å². The molecule has 0 amide bonds. The Morgan fingerprint density at radius 3 is 2.50 bits per heavy atom. The lowest BCUT2D eigenvalue weighted by atomic mass is 10.1. The third-order valence-electron chi connectivity index (χ3n) is 3.07. The summed E-state index contributed by atoms with van der Waals surface area (Å²) in [5, 5.41) is 9.44. The minimum Gasteiger partial charge on any atom is -0.508 e. The van der Waals surface area contributed by atoms with Gasteiger partial charge in [0.05, 0.1) is 0 Å². The predicted octanol–water partition coefficient (Wildman–Crippen LogP) is 3.43. The van der Waals surface area contributed by atoms with Crippen LogP contribution in [0.1, 0.15) is 38.8 Å². The molecule has 90 valence electrons. The van der Waals surface area contributed by atoms with Crippen molar-refractivity contribution in [3.05, 3.63) is 29.8 Å². The highest BCUT2D eigenvalue weighted by atomic mass is 16.3. The molecular weight excluding hydrogens is 198 g/mol. The van der Waals surface area contributed by atoms with Crippen molar-refractivity contribution in [2.24, 2.45) is 5.92 Å². The molecule has 0 saturated carbocycles. The van der Waals surface area contributed by atoms with Gasteiger partial charge in [-0.05, 0) is 50.6 Å². The van der Waals surface area contributed by atoms with E-state index in [0.29, 0.717) is 11.8 Å². The van der Waals surface area contributed by atoms with Gasteiger partial charge in [0.15, 0.2) is 0 Å². The van der Waals surface area contributed by atoms with Gasteiger partial charge >= 0.3 is 0 Å². The molecule has 16 heavy (non-hydrogen) atoms. The van der Waals surface area contributed by atoms with Gasteiger partial charge in [0, 0.05) is 6.04 Å². The zero-order valence-corrected chi connectivity index (χ0v) is 10.8. The van der Waals surface area contributed by atoms with Crippen molar-refractivity contribution >= 4 is 0 Å². The Morgan fingerprint density at radius 2 is 1.94 bits per heavy atom. The first-order chi connectivity index (χ1) is 7.50. The predicted molar refractivity (Wildman–Crippen MR) is 68.6 cm³/mol. The van der Waals surface area contributed by atoms with Crippen LogP contribution in [0.3, 0.4) is 0 Å². The minimum absolute atomic E-state index is 0.349. The normalized spacial score (nSPS) is 13.4. The maximum atomic E-state index is 9.44. The summed E-state index contributed by atoms with van der Waals surface area (Å²) in [6.45, 7) is 7.75. The van der Waals surface area contributed by atoms with Crippen LogP contribution in [0.2, 0.25) is 0 Å². The molecule has 2 nitrogen and oxygen atoms in total. The maximum Gasteiger partial charge on any atom is 0.115 e. The second-order valence-electron chi connectivity index (χ2n) is 4.93. The summed E-state index contributed by atoms with van der Waals surface area (Å²) in [7, 11) is 2.14. The van der Waals surface area contributed by atoms with Crippen LogP contribution in [0.15, 0.2) is 24.3 Å². The van der Waals surface area contributed by atoms with Crippen LogP contribution in [0.4, 0.5) is 0 Å². The molecule has 0 bridgehead atoms. The Kier molecular flexibility index (Phi) is 4.81. The molecular formula is C14H23NO. The number of benzene rings is 1. The Bertz CT molecular complexity index is 322. The van der Waals surface area contributed by atoms with Gasteiger partial charge in [0.2, 0.25) is 0 Å². The monoisotopic (exact) mass is 221 g/mol. The van der Waals surface area contributed by atoms with Gasteiger partial charge in [0.25, 0.3) is 0 Å². The van der Waals surface area contributed by atoms with Crippen LogP contribution in [0, 0.1) is 5.92 Å². The van der Waals surface area contributed by atoms with Crippen molar-refractivity contribution in [3.63, 3.8) is 0 Å². The van der Waals surface area contributed by atoms with Crippen molar-refractivity contribution in [3.8, 4) is 5.75 Å². The van der Waals surface area contributed by atoms with Crippen molar-refractivity contribution in [1.29, 1.82) is 0 Å². The van der Waals surface area contributed by atoms with E-state index in [1.54, 1.807) is 6.07 Å². The van der Waals surface area contributed by atoms with E-state index < -0.39 is 0 Å². The molecule has 1 aromatic rings. The zero-order valence-electron chi connectivity index (χ0n) is 10.8. The largest absolute Gasteiger partial charge is 0.508 e.